The molecular formula is C18H19NO4S. The summed E-state index contributed by atoms with van der Waals surface area (Å²) in [6, 6.07) is 11.4. The molecule has 1 aliphatic rings. The molecule has 2 aromatic carbocycles. The molecule has 1 unspecified atom stereocenters. The first-order valence-electron chi connectivity index (χ1n) is 7.72. The molecule has 5 nitrogen and oxygen atoms in total. The van der Waals surface area contributed by atoms with E-state index in [2.05, 4.69) is 5.32 Å². The van der Waals surface area contributed by atoms with Gasteiger partial charge >= 0.3 is 0 Å². The van der Waals surface area contributed by atoms with E-state index in [1.54, 1.807) is 13.2 Å². The second kappa shape index (κ2) is 6.65. The topological polar surface area (TPSA) is 72.5 Å². The Labute approximate surface area is 141 Å². The number of hydrogen-bond acceptors (Lipinski definition) is 4. The first kappa shape index (κ1) is 16.5. The van der Waals surface area contributed by atoms with Gasteiger partial charge in [-0.2, -0.15) is 0 Å². The van der Waals surface area contributed by atoms with Crippen molar-refractivity contribution in [2.45, 2.75) is 12.5 Å². The Hall–Kier alpha value is -2.34. The van der Waals surface area contributed by atoms with Crippen molar-refractivity contribution >= 4 is 32.6 Å². The Morgan fingerprint density at radius 1 is 1.21 bits per heavy atom. The normalized spacial score (nSPS) is 19.6. The Bertz CT molecular complexity index is 902. The summed E-state index contributed by atoms with van der Waals surface area (Å²) in [5.74, 6) is 0.712. The number of rotatable bonds is 4. The van der Waals surface area contributed by atoms with E-state index < -0.39 is 9.84 Å². The lowest BCUT2D eigenvalue weighted by Crippen LogP contribution is -2.34. The van der Waals surface area contributed by atoms with Gasteiger partial charge in [-0.3, -0.25) is 4.79 Å². The molecule has 1 saturated heterocycles. The number of sulfone groups is 1. The number of benzene rings is 2. The highest BCUT2D eigenvalue weighted by Gasteiger charge is 2.28. The molecule has 1 fully saturated rings. The third-order valence-electron chi connectivity index (χ3n) is 4.08. The summed E-state index contributed by atoms with van der Waals surface area (Å²) in [5, 5.41) is 4.85. The molecule has 3 rings (SSSR count). The maximum atomic E-state index is 11.9. The summed E-state index contributed by atoms with van der Waals surface area (Å²) in [4.78, 5) is 11.9. The van der Waals surface area contributed by atoms with Crippen molar-refractivity contribution in [3.8, 4) is 5.75 Å². The predicted molar refractivity (Wildman–Crippen MR) is 94.7 cm³/mol. The number of hydrogen-bond donors (Lipinski definition) is 1. The van der Waals surface area contributed by atoms with Crippen LogP contribution in [0.1, 0.15) is 12.0 Å². The summed E-state index contributed by atoms with van der Waals surface area (Å²) in [5.41, 5.74) is 0.905. The van der Waals surface area contributed by atoms with E-state index in [1.807, 2.05) is 36.4 Å². The number of carbonyl (C=O) groups excluding carboxylic acids is 1. The first-order chi connectivity index (χ1) is 11.4. The summed E-state index contributed by atoms with van der Waals surface area (Å²) in [7, 11) is -1.36. The standard InChI is InChI=1S/C18H19NO4S/c1-23-17-6-5-14-10-13(2-4-15(14)11-17)3-7-18(20)19-16-8-9-24(21,22)12-16/h2-7,10-11,16H,8-9,12H2,1H3,(H,19,20). The van der Waals surface area contributed by atoms with E-state index in [1.165, 1.54) is 6.08 Å². The first-order valence-corrected chi connectivity index (χ1v) is 9.54. The van der Waals surface area contributed by atoms with Crippen LogP contribution in [0.25, 0.3) is 16.8 Å². The highest BCUT2D eigenvalue weighted by Crippen LogP contribution is 2.22. The average Bonchev–Trinajstić information content (AvgIpc) is 2.90. The Morgan fingerprint density at radius 2 is 1.96 bits per heavy atom. The van der Waals surface area contributed by atoms with Crippen molar-refractivity contribution in [2.75, 3.05) is 18.6 Å². The molecule has 0 aliphatic carbocycles. The lowest BCUT2D eigenvalue weighted by Gasteiger charge is -2.08. The van der Waals surface area contributed by atoms with Gasteiger partial charge in [0.1, 0.15) is 5.75 Å². The molecule has 1 heterocycles. The fourth-order valence-electron chi connectivity index (χ4n) is 2.80. The average molecular weight is 345 g/mol. The predicted octanol–water partition coefficient (Wildman–Crippen LogP) is 2.16. The second-order valence-electron chi connectivity index (χ2n) is 5.91. The number of amides is 1. The van der Waals surface area contributed by atoms with Gasteiger partial charge < -0.3 is 10.1 Å². The van der Waals surface area contributed by atoms with E-state index in [-0.39, 0.29) is 23.5 Å². The van der Waals surface area contributed by atoms with Crippen LogP contribution in [0.4, 0.5) is 0 Å². The molecule has 2 aromatic rings. The second-order valence-corrected chi connectivity index (χ2v) is 8.14. The quantitative estimate of drug-likeness (QED) is 0.862. The number of methoxy groups -OCH3 is 1. The van der Waals surface area contributed by atoms with Crippen molar-refractivity contribution in [3.63, 3.8) is 0 Å². The fourth-order valence-corrected chi connectivity index (χ4v) is 4.48. The Balaban J connectivity index is 1.67. The Kier molecular flexibility index (Phi) is 4.57. The van der Waals surface area contributed by atoms with Crippen molar-refractivity contribution in [3.05, 3.63) is 48.0 Å². The lowest BCUT2D eigenvalue weighted by molar-refractivity contribution is -0.116. The van der Waals surface area contributed by atoms with Crippen LogP contribution in [0, 0.1) is 0 Å². The van der Waals surface area contributed by atoms with Gasteiger partial charge in [-0.1, -0.05) is 18.2 Å². The van der Waals surface area contributed by atoms with Gasteiger partial charge in [0.25, 0.3) is 0 Å². The van der Waals surface area contributed by atoms with Gasteiger partial charge in [0.05, 0.1) is 18.6 Å². The zero-order chi connectivity index (χ0) is 17.2. The summed E-state index contributed by atoms with van der Waals surface area (Å²) in [6.07, 6.45) is 3.65. The number of fused-ring (bicyclic) bond motifs is 1. The molecule has 6 heteroatoms. The largest absolute Gasteiger partial charge is 0.497 e. The van der Waals surface area contributed by atoms with Crippen molar-refractivity contribution < 1.29 is 17.9 Å². The van der Waals surface area contributed by atoms with Gasteiger partial charge in [-0.15, -0.1) is 0 Å². The van der Waals surface area contributed by atoms with Crippen LogP contribution in [0.5, 0.6) is 5.75 Å². The van der Waals surface area contributed by atoms with Crippen LogP contribution >= 0.6 is 0 Å². The van der Waals surface area contributed by atoms with Crippen LogP contribution in [0.3, 0.4) is 0 Å². The van der Waals surface area contributed by atoms with Crippen molar-refractivity contribution in [2.24, 2.45) is 0 Å². The Morgan fingerprint density at radius 3 is 2.67 bits per heavy atom. The summed E-state index contributed by atoms with van der Waals surface area (Å²) >= 11 is 0. The van der Waals surface area contributed by atoms with Crippen LogP contribution in [-0.2, 0) is 14.6 Å². The minimum absolute atomic E-state index is 0.0321. The molecule has 0 spiro atoms. The van der Waals surface area contributed by atoms with Gasteiger partial charge in [0.2, 0.25) is 5.91 Å². The fraction of sp³-hybridized carbons (Fsp3) is 0.278. The minimum atomic E-state index is -2.99. The molecule has 0 saturated carbocycles. The minimum Gasteiger partial charge on any atom is -0.497 e. The summed E-state index contributed by atoms with van der Waals surface area (Å²) < 4.78 is 28.0. The van der Waals surface area contributed by atoms with E-state index >= 15 is 0 Å². The van der Waals surface area contributed by atoms with E-state index in [0.29, 0.717) is 6.42 Å². The van der Waals surface area contributed by atoms with Crippen molar-refractivity contribution in [1.82, 2.24) is 5.32 Å². The number of ether oxygens (including phenoxy) is 1. The monoisotopic (exact) mass is 345 g/mol. The number of carbonyl (C=O) groups is 1. The van der Waals surface area contributed by atoms with Gasteiger partial charge in [0, 0.05) is 12.1 Å². The molecule has 126 valence electrons. The maximum Gasteiger partial charge on any atom is 0.244 e. The highest BCUT2D eigenvalue weighted by atomic mass is 32.2. The van der Waals surface area contributed by atoms with Crippen LogP contribution < -0.4 is 10.1 Å². The zero-order valence-corrected chi connectivity index (χ0v) is 14.2. The SMILES string of the molecule is COc1ccc2cc(C=CC(=O)NC3CCS(=O)(=O)C3)ccc2c1. The van der Waals surface area contributed by atoms with Crippen LogP contribution in [0.15, 0.2) is 42.5 Å². The molecule has 24 heavy (non-hydrogen) atoms. The van der Waals surface area contributed by atoms with E-state index in [9.17, 15) is 13.2 Å². The van der Waals surface area contributed by atoms with E-state index in [4.69, 9.17) is 4.74 Å². The molecule has 1 N–H and O–H groups in total. The van der Waals surface area contributed by atoms with Gasteiger partial charge in [-0.05, 0) is 47.0 Å². The third kappa shape index (κ3) is 3.94. The summed E-state index contributed by atoms with van der Waals surface area (Å²) in [6.45, 7) is 0. The smallest absolute Gasteiger partial charge is 0.244 e. The molecule has 0 bridgehead atoms. The van der Waals surface area contributed by atoms with Crippen molar-refractivity contribution in [1.29, 1.82) is 0 Å². The number of nitrogens with one attached hydrogen (secondary N) is 1. The lowest BCUT2D eigenvalue weighted by atomic mass is 10.1. The molecule has 0 aromatic heterocycles. The molecule has 0 radical (unpaired) electrons. The zero-order valence-electron chi connectivity index (χ0n) is 13.4. The molecule has 1 amide bonds. The molecule has 1 atom stereocenters. The van der Waals surface area contributed by atoms with Crippen LogP contribution in [-0.4, -0.2) is 39.0 Å². The van der Waals surface area contributed by atoms with E-state index in [0.717, 1.165) is 22.1 Å². The van der Waals surface area contributed by atoms with Gasteiger partial charge in [0.15, 0.2) is 9.84 Å². The van der Waals surface area contributed by atoms with Gasteiger partial charge in [-0.25, -0.2) is 8.42 Å². The molecular weight excluding hydrogens is 326 g/mol. The third-order valence-corrected chi connectivity index (χ3v) is 5.85. The maximum absolute atomic E-state index is 11.9. The van der Waals surface area contributed by atoms with Crippen LogP contribution in [0.2, 0.25) is 0 Å². The molecule has 1 aliphatic heterocycles. The highest BCUT2D eigenvalue weighted by molar-refractivity contribution is 7.91.